The van der Waals surface area contributed by atoms with E-state index in [2.05, 4.69) is 63.3 Å². The summed E-state index contributed by atoms with van der Waals surface area (Å²) < 4.78 is 0. The lowest BCUT2D eigenvalue weighted by atomic mass is 10.1. The van der Waals surface area contributed by atoms with Crippen molar-refractivity contribution in [2.45, 2.75) is 281 Å². The number of unbranched alkanes of at least 4 members (excludes halogenated alkanes) is 23. The van der Waals surface area contributed by atoms with Crippen molar-refractivity contribution in [3.8, 4) is 0 Å². The fourth-order valence-corrected chi connectivity index (χ4v) is 11.8. The third-order valence-electron chi connectivity index (χ3n) is 15.4. The second-order valence-corrected chi connectivity index (χ2v) is 25.8. The summed E-state index contributed by atoms with van der Waals surface area (Å²) in [4.78, 5) is 106. The number of hydrogen-bond acceptors (Lipinski definition) is 17. The maximum absolute atomic E-state index is 13.9. The molecular weight excluding hydrogens is 1270 g/mol. The van der Waals surface area contributed by atoms with Gasteiger partial charge in [-0.2, -0.15) is 23.5 Å². The van der Waals surface area contributed by atoms with Crippen LogP contribution in [0.15, 0.2) is 0 Å². The highest BCUT2D eigenvalue weighted by molar-refractivity contribution is 8.03. The number of halogens is 3. The van der Waals surface area contributed by atoms with Gasteiger partial charge in [0.05, 0.1) is 37.4 Å². The van der Waals surface area contributed by atoms with Gasteiger partial charge >= 0.3 is 0 Å². The number of thioether (sulfide) groups is 2. The minimum Gasteiger partial charge on any atom is -0.394 e. The molecule has 0 aliphatic carbocycles. The molecule has 8 atom stereocenters. The van der Waals surface area contributed by atoms with E-state index in [1.165, 1.54) is 101 Å². The predicted octanol–water partition coefficient (Wildman–Crippen LogP) is 5.31. The summed E-state index contributed by atoms with van der Waals surface area (Å²) in [5, 5.41) is 42.4. The zero-order chi connectivity index (χ0) is 65.4. The predicted molar refractivity (Wildman–Crippen MR) is 381 cm³/mol. The Balaban J connectivity index is -0.0000126. The van der Waals surface area contributed by atoms with E-state index in [1.54, 1.807) is 0 Å². The van der Waals surface area contributed by atoms with Crippen molar-refractivity contribution in [3.05, 3.63) is 0 Å². The molecule has 0 spiro atoms. The lowest BCUT2D eigenvalue weighted by Crippen LogP contribution is -2.57. The molecule has 8 unspecified atom stereocenters. The van der Waals surface area contributed by atoms with Crippen LogP contribution in [0.3, 0.4) is 0 Å². The third kappa shape index (κ3) is 52.0. The van der Waals surface area contributed by atoms with Gasteiger partial charge in [-0.3, -0.25) is 38.4 Å². The first kappa shape index (κ1) is 94.4. The largest absolute Gasteiger partial charge is 0.394 e. The second kappa shape index (κ2) is 65.7. The smallest absolute Gasteiger partial charge is 0.244 e. The van der Waals surface area contributed by atoms with E-state index in [0.717, 1.165) is 83.5 Å². The van der Waals surface area contributed by atoms with Gasteiger partial charge < -0.3 is 81.4 Å². The molecule has 538 valence electrons. The lowest BCUT2D eigenvalue weighted by molar-refractivity contribution is -0.132. The van der Waals surface area contributed by atoms with Gasteiger partial charge in [0, 0.05) is 49.2 Å². The zero-order valence-electron chi connectivity index (χ0n) is 55.8. The minimum absolute atomic E-state index is 0. The molecule has 0 heterocycles. The summed E-state index contributed by atoms with van der Waals surface area (Å²) in [5.41, 5.74) is 30.2. The van der Waals surface area contributed by atoms with Crippen LogP contribution in [0.5, 0.6) is 0 Å². The van der Waals surface area contributed by atoms with Crippen LogP contribution < -0.4 is 71.2 Å². The summed E-state index contributed by atoms with van der Waals surface area (Å²) in [6, 6.07) is -8.13. The zero-order valence-corrected chi connectivity index (χ0v) is 59.9. The van der Waals surface area contributed by atoms with E-state index in [9.17, 15) is 48.6 Å². The Morgan fingerprint density at radius 2 is 0.560 bits per heavy atom. The fraction of sp³-hybridized carbons (Fsp3) is 0.873. The van der Waals surface area contributed by atoms with Gasteiger partial charge in [-0.05, 0) is 77.2 Å². The molecule has 0 bridgehead atoms. The van der Waals surface area contributed by atoms with E-state index in [-0.39, 0.29) is 73.4 Å². The first-order chi connectivity index (χ1) is 42.5. The average Bonchev–Trinajstić information content (AvgIpc) is 3.56. The summed E-state index contributed by atoms with van der Waals surface area (Å²) in [5.74, 6) is -3.33. The van der Waals surface area contributed by atoms with Gasteiger partial charge in [-0.15, -0.1) is 37.2 Å². The Morgan fingerprint density at radius 1 is 0.319 bits per heavy atom. The van der Waals surface area contributed by atoms with Crippen molar-refractivity contribution in [2.75, 3.05) is 68.9 Å². The van der Waals surface area contributed by atoms with Crippen molar-refractivity contribution in [3.63, 3.8) is 0 Å². The minimum atomic E-state index is -1.28. The quantitative estimate of drug-likeness (QED) is 0.0343. The molecule has 91 heavy (non-hydrogen) atoms. The normalized spacial score (nSPS) is 13.6. The lowest BCUT2D eigenvalue weighted by Gasteiger charge is -2.24. The molecule has 23 nitrogen and oxygen atoms in total. The monoisotopic (exact) mass is 1400 g/mol. The van der Waals surface area contributed by atoms with Crippen molar-refractivity contribution in [1.29, 1.82) is 0 Å². The average molecular weight is 1400 g/mol. The number of carbonyl (C=O) groups excluding carboxylic acids is 8. The first-order valence-corrected chi connectivity index (χ1v) is 36.2. The van der Waals surface area contributed by atoms with Crippen molar-refractivity contribution >= 4 is 108 Å². The number of rotatable bonds is 61. The number of amides is 8. The number of hydrogen-bond donors (Lipinski definition) is 15. The fourth-order valence-electron chi connectivity index (χ4n) is 9.58. The molecule has 20 N–H and O–H groups in total. The van der Waals surface area contributed by atoms with Gasteiger partial charge in [0.1, 0.15) is 24.2 Å². The maximum atomic E-state index is 13.9. The van der Waals surface area contributed by atoms with Gasteiger partial charge in [-0.25, -0.2) is 0 Å². The molecule has 0 aromatic carbocycles. The highest BCUT2D eigenvalue weighted by Crippen LogP contribution is 2.15. The van der Waals surface area contributed by atoms with E-state index in [1.807, 2.05) is 0 Å². The Bertz CT molecular complexity index is 1730. The molecule has 0 saturated heterocycles. The molecule has 0 fully saturated rings. The highest BCUT2D eigenvalue weighted by atomic mass is 35.5. The Hall–Kier alpha value is -2.95. The molecule has 8 amide bonds. The molecule has 0 aromatic rings. The van der Waals surface area contributed by atoms with Crippen LogP contribution in [0.4, 0.5) is 0 Å². The highest BCUT2D eigenvalue weighted by Gasteiger charge is 2.30. The van der Waals surface area contributed by atoms with Gasteiger partial charge in [0.15, 0.2) is 0 Å². The Morgan fingerprint density at radius 3 is 0.868 bits per heavy atom. The number of aliphatic hydroxyl groups is 2. The van der Waals surface area contributed by atoms with Crippen LogP contribution in [-0.2, 0) is 38.4 Å². The van der Waals surface area contributed by atoms with Crippen LogP contribution in [0.25, 0.3) is 0 Å². The standard InChI is InChI=1S/C63H125N13O10S2.3ClH/c1-4-7-10-12-14-16-18-20-22-29-38-71-60(83)52(44-77)73-62(85)54(75-58(81)50(67)35-26-31-40-69-56(79)48(65)33-24-9-6-3)46-87-42-43-88-47-55(76-59(82)51(68)36-27-32-41-70-57(80)49(66)34-25-28-37-64)63(86)74-53(45-78)61(84)72-39-30-23-21-19-17-15-13-11-8-5-2;;;/h48-55,77-78H,4-47,64-68H2,1-3H3,(H,69,79)(H,70,80)(H,71,83)(H,72,84)(H,73,85)(H,74,86)(H,75,81)(H,76,82);3*1H. The maximum Gasteiger partial charge on any atom is 0.244 e. The number of nitrogens with two attached hydrogens (primary N) is 5. The molecule has 28 heteroatoms. The SMILES string of the molecule is CCCCCCCCCCCCNC(=O)C(CO)NC(=O)C(CSCCSCC(NC(=O)C(N)CCCCNC(=O)C(N)CCCCN)C(=O)NC(CO)C(=O)NCCCCCCCCCCCC)NC(=O)C(N)CCCCNC(=O)C(N)CCCCC.Cl.Cl.Cl. The Kier molecular flexibility index (Phi) is 68.2. The van der Waals surface area contributed by atoms with Gasteiger partial charge in [-0.1, -0.05) is 162 Å². The van der Waals surface area contributed by atoms with Crippen LogP contribution >= 0.6 is 60.7 Å². The van der Waals surface area contributed by atoms with E-state index in [0.29, 0.717) is 82.8 Å². The molecule has 0 saturated carbocycles. The Labute approximate surface area is 574 Å². The van der Waals surface area contributed by atoms with Crippen molar-refractivity contribution < 1.29 is 48.6 Å². The van der Waals surface area contributed by atoms with E-state index >= 15 is 0 Å². The van der Waals surface area contributed by atoms with E-state index in [4.69, 9.17) is 28.7 Å². The number of nitrogens with one attached hydrogen (secondary N) is 8. The summed E-state index contributed by atoms with van der Waals surface area (Å²) in [7, 11) is 0. The molecular formula is C63H128Cl3N13O10S2. The molecule has 0 rings (SSSR count). The van der Waals surface area contributed by atoms with Crippen molar-refractivity contribution in [1.82, 2.24) is 42.5 Å². The first-order valence-electron chi connectivity index (χ1n) is 33.9. The number of carbonyl (C=O) groups is 8. The van der Waals surface area contributed by atoms with Crippen LogP contribution in [0.2, 0.25) is 0 Å². The molecule has 0 aromatic heterocycles. The van der Waals surface area contributed by atoms with Crippen LogP contribution in [-0.4, -0.2) is 175 Å². The summed E-state index contributed by atoms with van der Waals surface area (Å²) in [6.45, 7) is 7.11. The van der Waals surface area contributed by atoms with Crippen LogP contribution in [0.1, 0.15) is 233 Å². The van der Waals surface area contributed by atoms with Crippen molar-refractivity contribution in [2.24, 2.45) is 28.7 Å². The van der Waals surface area contributed by atoms with Gasteiger partial charge in [0.25, 0.3) is 0 Å². The third-order valence-corrected chi connectivity index (χ3v) is 17.8. The summed E-state index contributed by atoms with van der Waals surface area (Å²) >= 11 is 2.61. The molecule has 0 aliphatic rings. The van der Waals surface area contributed by atoms with E-state index < -0.39 is 97.0 Å². The van der Waals surface area contributed by atoms with Gasteiger partial charge in [0.2, 0.25) is 47.3 Å². The molecule has 0 aliphatic heterocycles. The number of aliphatic hydroxyl groups excluding tert-OH is 2. The summed E-state index contributed by atoms with van der Waals surface area (Å²) in [6.07, 6.45) is 30.7. The topological polar surface area (TPSA) is 403 Å². The second-order valence-electron chi connectivity index (χ2n) is 23.5. The molecule has 0 radical (unpaired) electrons. The van der Waals surface area contributed by atoms with Crippen LogP contribution in [0, 0.1) is 0 Å².